The second kappa shape index (κ2) is 10.7. The maximum Gasteiger partial charge on any atom is 0.263 e. The van der Waals surface area contributed by atoms with Crippen LogP contribution in [0.15, 0.2) is 48.5 Å². The van der Waals surface area contributed by atoms with E-state index in [0.717, 1.165) is 0 Å². The molecule has 2 atom stereocenters. The van der Waals surface area contributed by atoms with Crippen LogP contribution in [0.3, 0.4) is 0 Å². The second-order valence-corrected chi connectivity index (χ2v) is 8.31. The van der Waals surface area contributed by atoms with Crippen molar-refractivity contribution in [2.45, 2.75) is 32.5 Å². The van der Waals surface area contributed by atoms with Gasteiger partial charge in [0.15, 0.2) is 12.2 Å². The van der Waals surface area contributed by atoms with Gasteiger partial charge in [0.1, 0.15) is 11.5 Å². The quantitative estimate of drug-likeness (QED) is 0.639. The first-order valence-corrected chi connectivity index (χ1v) is 11.0. The molecule has 1 fully saturated rings. The Morgan fingerprint density at radius 3 is 1.58 bits per heavy atom. The maximum absolute atomic E-state index is 12.9. The van der Waals surface area contributed by atoms with E-state index in [9.17, 15) is 9.59 Å². The zero-order valence-electron chi connectivity index (χ0n) is 17.6. The van der Waals surface area contributed by atoms with Crippen LogP contribution in [0, 0.1) is 0 Å². The van der Waals surface area contributed by atoms with Crippen molar-refractivity contribution < 1.29 is 19.1 Å². The number of benzene rings is 2. The number of ether oxygens (including phenoxy) is 2. The van der Waals surface area contributed by atoms with Crippen molar-refractivity contribution in [3.05, 3.63) is 58.6 Å². The summed E-state index contributed by atoms with van der Waals surface area (Å²) in [4.78, 5) is 29.2. The van der Waals surface area contributed by atoms with Gasteiger partial charge in [0.05, 0.1) is 0 Å². The van der Waals surface area contributed by atoms with E-state index in [0.29, 0.717) is 54.1 Å². The number of rotatable bonds is 6. The molecule has 0 radical (unpaired) electrons. The molecule has 1 aliphatic rings. The Labute approximate surface area is 192 Å². The lowest BCUT2D eigenvalue weighted by Gasteiger charge is -2.26. The van der Waals surface area contributed by atoms with Crippen LogP contribution >= 0.6 is 23.2 Å². The molecule has 0 aliphatic carbocycles. The van der Waals surface area contributed by atoms with Gasteiger partial charge in [-0.2, -0.15) is 0 Å². The summed E-state index contributed by atoms with van der Waals surface area (Å²) in [5, 5.41) is 1.10. The minimum atomic E-state index is -0.647. The van der Waals surface area contributed by atoms with E-state index in [1.165, 1.54) is 0 Å². The summed E-state index contributed by atoms with van der Waals surface area (Å²) < 4.78 is 11.5. The maximum atomic E-state index is 12.9. The molecule has 6 nitrogen and oxygen atoms in total. The Morgan fingerprint density at radius 1 is 0.774 bits per heavy atom. The van der Waals surface area contributed by atoms with Gasteiger partial charge in [-0.1, -0.05) is 35.3 Å². The van der Waals surface area contributed by atoms with Crippen molar-refractivity contribution in [2.24, 2.45) is 0 Å². The molecule has 1 saturated heterocycles. The Bertz CT molecular complexity index is 850. The molecule has 0 aromatic heterocycles. The normalized spacial score (nSPS) is 16.3. The summed E-state index contributed by atoms with van der Waals surface area (Å²) in [6.07, 6.45) is -0.609. The molecule has 31 heavy (non-hydrogen) atoms. The third-order valence-electron chi connectivity index (χ3n) is 5.03. The Morgan fingerprint density at radius 2 is 1.19 bits per heavy atom. The van der Waals surface area contributed by atoms with Gasteiger partial charge in [-0.25, -0.2) is 0 Å². The predicted octanol–water partition coefficient (Wildman–Crippen LogP) is 4.29. The highest BCUT2D eigenvalue weighted by Crippen LogP contribution is 2.20. The van der Waals surface area contributed by atoms with Crippen LogP contribution in [0.2, 0.25) is 10.0 Å². The third kappa shape index (κ3) is 6.52. The van der Waals surface area contributed by atoms with Crippen molar-refractivity contribution in [3.8, 4) is 11.5 Å². The van der Waals surface area contributed by atoms with E-state index in [2.05, 4.69) is 0 Å². The average molecular weight is 465 g/mol. The van der Waals surface area contributed by atoms with Gasteiger partial charge < -0.3 is 19.3 Å². The lowest BCUT2D eigenvalue weighted by Crippen LogP contribution is -2.45. The van der Waals surface area contributed by atoms with Crippen LogP contribution in [-0.4, -0.2) is 60.0 Å². The van der Waals surface area contributed by atoms with E-state index in [-0.39, 0.29) is 11.8 Å². The fourth-order valence-corrected chi connectivity index (χ4v) is 3.82. The van der Waals surface area contributed by atoms with Gasteiger partial charge >= 0.3 is 0 Å². The molecule has 1 aliphatic heterocycles. The number of nitrogens with zero attached hydrogens (tertiary/aromatic N) is 2. The minimum Gasteiger partial charge on any atom is -0.481 e. The van der Waals surface area contributed by atoms with E-state index in [4.69, 9.17) is 32.7 Å². The van der Waals surface area contributed by atoms with Crippen molar-refractivity contribution >= 4 is 35.0 Å². The monoisotopic (exact) mass is 464 g/mol. The molecule has 0 saturated carbocycles. The zero-order chi connectivity index (χ0) is 22.4. The van der Waals surface area contributed by atoms with Gasteiger partial charge in [0.25, 0.3) is 11.8 Å². The molecular formula is C23H26Cl2N2O4. The highest BCUT2D eigenvalue weighted by molar-refractivity contribution is 6.31. The Hall–Kier alpha value is -2.44. The summed E-state index contributed by atoms with van der Waals surface area (Å²) in [7, 11) is 0. The van der Waals surface area contributed by atoms with E-state index < -0.39 is 12.2 Å². The molecule has 0 unspecified atom stereocenters. The van der Waals surface area contributed by atoms with E-state index >= 15 is 0 Å². The topological polar surface area (TPSA) is 59.1 Å². The number of hydrogen-bond donors (Lipinski definition) is 0. The lowest BCUT2D eigenvalue weighted by molar-refractivity contribution is -0.140. The van der Waals surface area contributed by atoms with Crippen molar-refractivity contribution in [1.29, 1.82) is 0 Å². The minimum absolute atomic E-state index is 0.113. The summed E-state index contributed by atoms with van der Waals surface area (Å²) in [5.74, 6) is 0.869. The molecule has 2 aromatic rings. The van der Waals surface area contributed by atoms with Crippen molar-refractivity contribution in [3.63, 3.8) is 0 Å². The molecule has 3 rings (SSSR count). The standard InChI is InChI=1S/C23H26Cl2N2O4/c1-16(30-20-8-3-6-18(24)14-20)22(28)26-10-5-11-27(13-12-26)23(29)17(2)31-21-9-4-7-19(25)15-21/h3-4,6-9,14-17H,5,10-13H2,1-2H3/t16-,17-/m1/s1. The third-order valence-corrected chi connectivity index (χ3v) is 5.50. The molecule has 2 aromatic carbocycles. The molecule has 2 amide bonds. The Balaban J connectivity index is 1.54. The van der Waals surface area contributed by atoms with Crippen molar-refractivity contribution in [1.82, 2.24) is 9.80 Å². The number of hydrogen-bond acceptors (Lipinski definition) is 4. The van der Waals surface area contributed by atoms with Crippen LogP contribution < -0.4 is 9.47 Å². The smallest absolute Gasteiger partial charge is 0.263 e. The zero-order valence-corrected chi connectivity index (χ0v) is 19.1. The number of carbonyl (C=O) groups excluding carboxylic acids is 2. The van der Waals surface area contributed by atoms with Gasteiger partial charge in [-0.05, 0) is 56.7 Å². The van der Waals surface area contributed by atoms with E-state index in [1.807, 2.05) is 0 Å². The molecule has 0 bridgehead atoms. The van der Waals surface area contributed by atoms with Crippen LogP contribution in [0.5, 0.6) is 11.5 Å². The highest BCUT2D eigenvalue weighted by Gasteiger charge is 2.28. The largest absolute Gasteiger partial charge is 0.481 e. The number of amides is 2. The van der Waals surface area contributed by atoms with Gasteiger partial charge in [-0.3, -0.25) is 9.59 Å². The summed E-state index contributed by atoms with van der Waals surface area (Å²) in [6.45, 7) is 5.45. The van der Waals surface area contributed by atoms with E-state index in [1.54, 1.807) is 72.2 Å². The van der Waals surface area contributed by atoms with Crippen molar-refractivity contribution in [2.75, 3.05) is 26.2 Å². The Kier molecular flexibility index (Phi) is 8.04. The molecule has 166 valence electrons. The predicted molar refractivity (Wildman–Crippen MR) is 121 cm³/mol. The fourth-order valence-electron chi connectivity index (χ4n) is 3.46. The molecule has 0 N–H and O–H groups in total. The molecular weight excluding hydrogens is 439 g/mol. The van der Waals surface area contributed by atoms with Crippen LogP contribution in [0.25, 0.3) is 0 Å². The van der Waals surface area contributed by atoms with Crippen LogP contribution in [-0.2, 0) is 9.59 Å². The first kappa shape index (κ1) is 23.2. The first-order chi connectivity index (χ1) is 14.8. The van der Waals surface area contributed by atoms with Crippen LogP contribution in [0.4, 0.5) is 0 Å². The van der Waals surface area contributed by atoms with Crippen LogP contribution in [0.1, 0.15) is 20.3 Å². The summed E-state index contributed by atoms with van der Waals surface area (Å²) in [6, 6.07) is 13.9. The molecule has 0 spiro atoms. The molecule has 1 heterocycles. The lowest BCUT2D eigenvalue weighted by atomic mass is 10.3. The average Bonchev–Trinajstić information content (AvgIpc) is 2.99. The van der Waals surface area contributed by atoms with Gasteiger partial charge in [0, 0.05) is 36.2 Å². The first-order valence-electron chi connectivity index (χ1n) is 10.3. The number of carbonyl (C=O) groups is 2. The van der Waals surface area contributed by atoms with Gasteiger partial charge in [0.2, 0.25) is 0 Å². The van der Waals surface area contributed by atoms with Gasteiger partial charge in [-0.15, -0.1) is 0 Å². The molecule has 8 heteroatoms. The second-order valence-electron chi connectivity index (χ2n) is 7.44. The summed E-state index contributed by atoms with van der Waals surface area (Å²) >= 11 is 12.0. The number of halogens is 2. The summed E-state index contributed by atoms with van der Waals surface area (Å²) in [5.41, 5.74) is 0. The highest BCUT2D eigenvalue weighted by atomic mass is 35.5. The fraction of sp³-hybridized carbons (Fsp3) is 0.391. The SMILES string of the molecule is C[C@@H](Oc1cccc(Cl)c1)C(=O)N1CCCN(C(=O)[C@@H](C)Oc2cccc(Cl)c2)CC1.